The van der Waals surface area contributed by atoms with E-state index in [1.807, 2.05) is 20.8 Å². The summed E-state index contributed by atoms with van der Waals surface area (Å²) in [7, 11) is -3.27. The van der Waals surface area contributed by atoms with Gasteiger partial charge in [0.05, 0.1) is 31.6 Å². The zero-order chi connectivity index (χ0) is 21.0. The third-order valence-electron chi connectivity index (χ3n) is 4.40. The summed E-state index contributed by atoms with van der Waals surface area (Å²) in [6.45, 7) is 15.4. The topological polar surface area (TPSA) is 83.5 Å². The summed E-state index contributed by atoms with van der Waals surface area (Å²) < 4.78 is 37.5. The molecule has 166 valence electrons. The van der Waals surface area contributed by atoms with Crippen molar-refractivity contribution in [3.8, 4) is 0 Å². The largest absolute Gasteiger partial charge is 0.380 e. The molecule has 1 saturated heterocycles. The Kier molecular flexibility index (Phi) is 12.0. The van der Waals surface area contributed by atoms with Crippen LogP contribution in [0.15, 0.2) is 4.99 Å². The maximum absolute atomic E-state index is 12.5. The summed E-state index contributed by atoms with van der Waals surface area (Å²) >= 11 is 0. The van der Waals surface area contributed by atoms with Gasteiger partial charge in [-0.2, -0.15) is 4.31 Å². The standard InChI is InChI=1S/C19H40N4O4S/c1-6-20-19(21-8-14-26-13-7-17(2)3)22-9-11-23(12-10-22)28(24,25)16-15-27-18(4)5/h17-18H,6-16H2,1-5H3,(H,20,21). The lowest BCUT2D eigenvalue weighted by molar-refractivity contribution is 0.0904. The van der Waals surface area contributed by atoms with E-state index in [0.717, 1.165) is 25.5 Å². The van der Waals surface area contributed by atoms with Crippen LogP contribution in [-0.2, 0) is 19.5 Å². The number of nitrogens with zero attached hydrogens (tertiary/aromatic N) is 3. The number of guanidine groups is 1. The Labute approximate surface area is 171 Å². The minimum Gasteiger partial charge on any atom is -0.380 e. The van der Waals surface area contributed by atoms with E-state index in [1.165, 1.54) is 0 Å². The molecular formula is C19H40N4O4S. The number of nitrogens with one attached hydrogen (secondary N) is 1. The van der Waals surface area contributed by atoms with Gasteiger partial charge in [-0.3, -0.25) is 4.99 Å². The second-order valence-corrected chi connectivity index (χ2v) is 9.74. The Bertz CT molecular complexity index is 544. The fourth-order valence-electron chi connectivity index (χ4n) is 2.76. The van der Waals surface area contributed by atoms with Crippen molar-refractivity contribution in [3.05, 3.63) is 0 Å². The average Bonchev–Trinajstić information content (AvgIpc) is 2.63. The van der Waals surface area contributed by atoms with Gasteiger partial charge in [-0.15, -0.1) is 0 Å². The lowest BCUT2D eigenvalue weighted by atomic mass is 10.1. The van der Waals surface area contributed by atoms with Gasteiger partial charge in [0.1, 0.15) is 0 Å². The maximum atomic E-state index is 12.5. The van der Waals surface area contributed by atoms with E-state index in [2.05, 4.69) is 29.1 Å². The Morgan fingerprint density at radius 3 is 2.32 bits per heavy atom. The monoisotopic (exact) mass is 420 g/mol. The molecule has 0 aromatic carbocycles. The Morgan fingerprint density at radius 2 is 1.75 bits per heavy atom. The van der Waals surface area contributed by atoms with Gasteiger partial charge in [-0.1, -0.05) is 13.8 Å². The van der Waals surface area contributed by atoms with E-state index in [0.29, 0.717) is 45.2 Å². The second-order valence-electron chi connectivity index (χ2n) is 7.65. The minimum absolute atomic E-state index is 0.0348. The molecule has 1 N–H and O–H groups in total. The molecule has 0 atom stereocenters. The number of hydrogen-bond acceptors (Lipinski definition) is 5. The van der Waals surface area contributed by atoms with E-state index in [1.54, 1.807) is 4.31 Å². The van der Waals surface area contributed by atoms with Crippen LogP contribution < -0.4 is 5.32 Å². The summed E-state index contributed by atoms with van der Waals surface area (Å²) in [6, 6.07) is 0. The van der Waals surface area contributed by atoms with E-state index < -0.39 is 10.0 Å². The summed E-state index contributed by atoms with van der Waals surface area (Å²) in [5.74, 6) is 1.51. The van der Waals surface area contributed by atoms with Crippen molar-refractivity contribution in [1.29, 1.82) is 0 Å². The van der Waals surface area contributed by atoms with Gasteiger partial charge in [0, 0.05) is 39.3 Å². The van der Waals surface area contributed by atoms with Crippen LogP contribution in [0.3, 0.4) is 0 Å². The summed E-state index contributed by atoms with van der Waals surface area (Å²) in [5, 5.41) is 3.29. The lowest BCUT2D eigenvalue weighted by Gasteiger charge is -2.35. The molecule has 0 saturated carbocycles. The number of rotatable bonds is 12. The number of ether oxygens (including phenoxy) is 2. The number of piperazine rings is 1. The quantitative estimate of drug-likeness (QED) is 0.292. The molecule has 0 unspecified atom stereocenters. The third-order valence-corrected chi connectivity index (χ3v) is 6.23. The highest BCUT2D eigenvalue weighted by Crippen LogP contribution is 2.09. The van der Waals surface area contributed by atoms with E-state index in [9.17, 15) is 8.42 Å². The zero-order valence-corrected chi connectivity index (χ0v) is 19.1. The van der Waals surface area contributed by atoms with Crippen molar-refractivity contribution in [2.45, 2.75) is 47.1 Å². The maximum Gasteiger partial charge on any atom is 0.216 e. The van der Waals surface area contributed by atoms with E-state index in [-0.39, 0.29) is 18.5 Å². The highest BCUT2D eigenvalue weighted by Gasteiger charge is 2.27. The predicted molar refractivity (Wildman–Crippen MR) is 114 cm³/mol. The van der Waals surface area contributed by atoms with Crippen LogP contribution in [0.5, 0.6) is 0 Å². The van der Waals surface area contributed by atoms with Gasteiger partial charge in [0.25, 0.3) is 0 Å². The van der Waals surface area contributed by atoms with Crippen LogP contribution in [-0.4, -0.2) is 94.5 Å². The van der Waals surface area contributed by atoms with Crippen molar-refractivity contribution in [1.82, 2.24) is 14.5 Å². The molecular weight excluding hydrogens is 380 g/mol. The highest BCUT2D eigenvalue weighted by molar-refractivity contribution is 7.89. The number of aliphatic imine (C=N–C) groups is 1. The molecule has 1 aliphatic heterocycles. The molecule has 28 heavy (non-hydrogen) atoms. The molecule has 0 bridgehead atoms. The van der Waals surface area contributed by atoms with Gasteiger partial charge in [0.2, 0.25) is 10.0 Å². The van der Waals surface area contributed by atoms with Crippen molar-refractivity contribution in [2.75, 3.05) is 64.8 Å². The molecule has 1 aliphatic rings. The number of hydrogen-bond donors (Lipinski definition) is 1. The first-order chi connectivity index (χ1) is 13.3. The fraction of sp³-hybridized carbons (Fsp3) is 0.947. The molecule has 0 amide bonds. The van der Waals surface area contributed by atoms with Crippen molar-refractivity contribution >= 4 is 16.0 Å². The Hall–Kier alpha value is -0.900. The first-order valence-corrected chi connectivity index (χ1v) is 12.1. The predicted octanol–water partition coefficient (Wildman–Crippen LogP) is 1.39. The van der Waals surface area contributed by atoms with Gasteiger partial charge in [0.15, 0.2) is 5.96 Å². The molecule has 8 nitrogen and oxygen atoms in total. The molecule has 1 rings (SSSR count). The van der Waals surface area contributed by atoms with E-state index >= 15 is 0 Å². The van der Waals surface area contributed by atoms with Crippen molar-refractivity contribution in [2.24, 2.45) is 10.9 Å². The highest BCUT2D eigenvalue weighted by atomic mass is 32.2. The normalized spacial score (nSPS) is 17.0. The molecule has 0 aromatic rings. The van der Waals surface area contributed by atoms with Gasteiger partial charge < -0.3 is 19.7 Å². The van der Waals surface area contributed by atoms with Crippen LogP contribution in [0.2, 0.25) is 0 Å². The minimum atomic E-state index is -3.27. The summed E-state index contributed by atoms with van der Waals surface area (Å²) in [4.78, 5) is 6.75. The van der Waals surface area contributed by atoms with Crippen LogP contribution in [0, 0.1) is 5.92 Å². The smallest absolute Gasteiger partial charge is 0.216 e. The van der Waals surface area contributed by atoms with Crippen LogP contribution in [0.25, 0.3) is 0 Å². The van der Waals surface area contributed by atoms with Crippen LogP contribution in [0.1, 0.15) is 41.0 Å². The SMILES string of the molecule is CCNC(=NCCOCCC(C)C)N1CCN(S(=O)(=O)CCOC(C)C)CC1. The molecule has 0 aliphatic carbocycles. The Balaban J connectivity index is 2.45. The van der Waals surface area contributed by atoms with Crippen molar-refractivity contribution in [3.63, 3.8) is 0 Å². The summed E-state index contributed by atoms with van der Waals surface area (Å²) in [5.41, 5.74) is 0. The Morgan fingerprint density at radius 1 is 1.07 bits per heavy atom. The number of sulfonamides is 1. The van der Waals surface area contributed by atoms with E-state index in [4.69, 9.17) is 9.47 Å². The van der Waals surface area contributed by atoms with Crippen molar-refractivity contribution < 1.29 is 17.9 Å². The second kappa shape index (κ2) is 13.3. The molecule has 0 radical (unpaired) electrons. The van der Waals surface area contributed by atoms with Gasteiger partial charge >= 0.3 is 0 Å². The van der Waals surface area contributed by atoms with Crippen LogP contribution >= 0.6 is 0 Å². The summed E-state index contributed by atoms with van der Waals surface area (Å²) in [6.07, 6.45) is 1.10. The third kappa shape index (κ3) is 10.0. The molecule has 0 aromatic heterocycles. The lowest BCUT2D eigenvalue weighted by Crippen LogP contribution is -2.54. The fourth-order valence-corrected chi connectivity index (χ4v) is 4.04. The average molecular weight is 421 g/mol. The van der Waals surface area contributed by atoms with Crippen LogP contribution in [0.4, 0.5) is 0 Å². The van der Waals surface area contributed by atoms with Gasteiger partial charge in [-0.25, -0.2) is 8.42 Å². The molecule has 1 fully saturated rings. The molecule has 1 heterocycles. The van der Waals surface area contributed by atoms with Gasteiger partial charge in [-0.05, 0) is 33.1 Å². The molecule has 0 spiro atoms. The first-order valence-electron chi connectivity index (χ1n) is 10.5. The zero-order valence-electron chi connectivity index (χ0n) is 18.3. The first kappa shape index (κ1) is 25.1. The molecule has 9 heteroatoms.